The summed E-state index contributed by atoms with van der Waals surface area (Å²) in [4.78, 5) is 2.55. The largest absolute Gasteiger partial charge is 0.397 e. The molecule has 0 radical (unpaired) electrons. The maximum Gasteiger partial charge on any atom is 0.0532 e. The molecule has 0 fully saturated rings. The maximum atomic E-state index is 6.24. The van der Waals surface area contributed by atoms with E-state index in [9.17, 15) is 0 Å². The van der Waals surface area contributed by atoms with Gasteiger partial charge in [-0.15, -0.1) is 23.5 Å². The normalized spacial score (nSPS) is 10.9. The average molecular weight is 263 g/mol. The molecule has 0 aliphatic carbocycles. The van der Waals surface area contributed by atoms with Crippen LogP contribution >= 0.6 is 23.5 Å². The van der Waals surface area contributed by atoms with Crippen LogP contribution in [0.25, 0.3) is 10.8 Å². The Kier molecular flexibility index (Phi) is 4.24. The monoisotopic (exact) mass is 263 g/mol. The van der Waals surface area contributed by atoms with Crippen LogP contribution in [0.5, 0.6) is 0 Å². The van der Waals surface area contributed by atoms with E-state index in [1.54, 1.807) is 0 Å². The Morgan fingerprint density at radius 2 is 1.53 bits per heavy atom. The van der Waals surface area contributed by atoms with Crippen LogP contribution in [-0.2, 0) is 0 Å². The average Bonchev–Trinajstić information content (AvgIpc) is 2.36. The van der Waals surface area contributed by atoms with Gasteiger partial charge in [-0.05, 0) is 23.0 Å². The van der Waals surface area contributed by atoms with Crippen molar-refractivity contribution in [3.8, 4) is 0 Å². The predicted molar refractivity (Wildman–Crippen MR) is 81.2 cm³/mol. The Morgan fingerprint density at radius 3 is 2.18 bits per heavy atom. The minimum Gasteiger partial charge on any atom is -0.397 e. The molecular formula is C14H17NS2. The molecule has 0 atom stereocenters. The summed E-state index contributed by atoms with van der Waals surface area (Å²) in [6, 6.07) is 10.6. The van der Waals surface area contributed by atoms with Crippen molar-refractivity contribution >= 4 is 40.0 Å². The fourth-order valence-corrected chi connectivity index (χ4v) is 3.59. The summed E-state index contributed by atoms with van der Waals surface area (Å²) < 4.78 is 0. The van der Waals surface area contributed by atoms with Crippen molar-refractivity contribution in [2.75, 3.05) is 17.2 Å². The zero-order valence-electron chi connectivity index (χ0n) is 10.2. The van der Waals surface area contributed by atoms with Crippen LogP contribution in [0.3, 0.4) is 0 Å². The highest BCUT2D eigenvalue weighted by atomic mass is 32.2. The van der Waals surface area contributed by atoms with Crippen LogP contribution in [-0.4, -0.2) is 11.5 Å². The molecule has 0 aromatic heterocycles. The molecule has 0 unspecified atom stereocenters. The molecule has 2 aromatic carbocycles. The van der Waals surface area contributed by atoms with Crippen molar-refractivity contribution in [3.63, 3.8) is 0 Å². The number of benzene rings is 2. The summed E-state index contributed by atoms with van der Waals surface area (Å²) >= 11 is 3.70. The number of hydrogen-bond acceptors (Lipinski definition) is 3. The standard InChI is InChI=1S/C14H17NS2/c1-3-16-12-9-13(17-4-2)14(15)11-8-6-5-7-10(11)12/h5-9H,3-4,15H2,1-2H3. The van der Waals surface area contributed by atoms with Crippen LogP contribution < -0.4 is 5.73 Å². The molecular weight excluding hydrogens is 246 g/mol. The predicted octanol–water partition coefficient (Wildman–Crippen LogP) is 4.65. The van der Waals surface area contributed by atoms with Crippen molar-refractivity contribution in [1.82, 2.24) is 0 Å². The van der Waals surface area contributed by atoms with Gasteiger partial charge in [0.05, 0.1) is 5.69 Å². The Morgan fingerprint density at radius 1 is 0.941 bits per heavy atom. The van der Waals surface area contributed by atoms with E-state index in [1.165, 1.54) is 20.6 Å². The molecule has 1 nitrogen and oxygen atoms in total. The lowest BCUT2D eigenvalue weighted by Crippen LogP contribution is -1.93. The maximum absolute atomic E-state index is 6.24. The van der Waals surface area contributed by atoms with Crippen LogP contribution in [0.15, 0.2) is 40.1 Å². The number of rotatable bonds is 4. The number of hydrogen-bond donors (Lipinski definition) is 1. The van der Waals surface area contributed by atoms with Crippen molar-refractivity contribution in [2.24, 2.45) is 0 Å². The highest BCUT2D eigenvalue weighted by molar-refractivity contribution is 8.00. The molecule has 2 rings (SSSR count). The molecule has 2 aromatic rings. The molecule has 3 heteroatoms. The molecule has 2 N–H and O–H groups in total. The quantitative estimate of drug-likeness (QED) is 0.642. The highest BCUT2D eigenvalue weighted by Crippen LogP contribution is 2.38. The van der Waals surface area contributed by atoms with Crippen LogP contribution in [0.4, 0.5) is 5.69 Å². The summed E-state index contributed by atoms with van der Waals surface area (Å²) in [5, 5.41) is 2.46. The second-order valence-corrected chi connectivity index (χ2v) is 6.31. The molecule has 0 saturated heterocycles. The third-order valence-corrected chi connectivity index (χ3v) is 4.48. The highest BCUT2D eigenvalue weighted by Gasteiger charge is 2.09. The molecule has 17 heavy (non-hydrogen) atoms. The molecule has 0 aliphatic heterocycles. The first-order valence-electron chi connectivity index (χ1n) is 5.84. The van der Waals surface area contributed by atoms with Crippen LogP contribution in [0.2, 0.25) is 0 Å². The second kappa shape index (κ2) is 5.69. The third kappa shape index (κ3) is 2.55. The van der Waals surface area contributed by atoms with Crippen LogP contribution in [0, 0.1) is 0 Å². The van der Waals surface area contributed by atoms with E-state index in [0.717, 1.165) is 17.2 Å². The van der Waals surface area contributed by atoms with Gasteiger partial charge in [-0.2, -0.15) is 0 Å². The Bertz CT molecular complexity index is 523. The fourth-order valence-electron chi connectivity index (χ4n) is 1.89. The molecule has 90 valence electrons. The molecule has 0 spiro atoms. The summed E-state index contributed by atoms with van der Waals surface area (Å²) in [5.74, 6) is 2.14. The molecule has 0 amide bonds. The van der Waals surface area contributed by atoms with Gasteiger partial charge in [0.2, 0.25) is 0 Å². The summed E-state index contributed by atoms with van der Waals surface area (Å²) in [6.45, 7) is 4.34. The van der Waals surface area contributed by atoms with Crippen molar-refractivity contribution in [2.45, 2.75) is 23.6 Å². The van der Waals surface area contributed by atoms with Gasteiger partial charge in [0.15, 0.2) is 0 Å². The second-order valence-electron chi connectivity index (χ2n) is 3.70. The first-order chi connectivity index (χ1) is 8.27. The minimum absolute atomic E-state index is 0.924. The Hall–Kier alpha value is -0.800. The molecule has 0 saturated carbocycles. The first kappa shape index (κ1) is 12.7. The van der Waals surface area contributed by atoms with E-state index >= 15 is 0 Å². The van der Waals surface area contributed by atoms with Crippen molar-refractivity contribution < 1.29 is 0 Å². The van der Waals surface area contributed by atoms with Gasteiger partial charge in [-0.1, -0.05) is 38.1 Å². The van der Waals surface area contributed by atoms with E-state index in [4.69, 9.17) is 5.73 Å². The van der Waals surface area contributed by atoms with Gasteiger partial charge in [0.25, 0.3) is 0 Å². The minimum atomic E-state index is 0.924. The fraction of sp³-hybridized carbons (Fsp3) is 0.286. The first-order valence-corrected chi connectivity index (χ1v) is 7.81. The van der Waals surface area contributed by atoms with Crippen molar-refractivity contribution in [1.29, 1.82) is 0 Å². The Labute approximate surface area is 111 Å². The van der Waals surface area contributed by atoms with Gasteiger partial charge in [0.1, 0.15) is 0 Å². The van der Waals surface area contributed by atoms with Gasteiger partial charge in [-0.25, -0.2) is 0 Å². The zero-order valence-corrected chi connectivity index (χ0v) is 11.8. The summed E-state index contributed by atoms with van der Waals surface area (Å²) in [7, 11) is 0. The number of thioether (sulfide) groups is 2. The molecule has 0 heterocycles. The van der Waals surface area contributed by atoms with E-state index in [0.29, 0.717) is 0 Å². The van der Waals surface area contributed by atoms with Gasteiger partial charge < -0.3 is 5.73 Å². The zero-order chi connectivity index (χ0) is 12.3. The van der Waals surface area contributed by atoms with E-state index < -0.39 is 0 Å². The summed E-state index contributed by atoms with van der Waals surface area (Å²) in [5.41, 5.74) is 7.16. The SMILES string of the molecule is CCSc1cc(SCC)c2ccccc2c1N. The van der Waals surface area contributed by atoms with Gasteiger partial charge in [-0.3, -0.25) is 0 Å². The van der Waals surface area contributed by atoms with E-state index in [-0.39, 0.29) is 0 Å². The topological polar surface area (TPSA) is 26.0 Å². The number of nitrogens with two attached hydrogens (primary N) is 1. The van der Waals surface area contributed by atoms with E-state index in [2.05, 4.69) is 44.2 Å². The smallest absolute Gasteiger partial charge is 0.0532 e. The van der Waals surface area contributed by atoms with Gasteiger partial charge in [0, 0.05) is 15.2 Å². The van der Waals surface area contributed by atoms with Crippen molar-refractivity contribution in [3.05, 3.63) is 30.3 Å². The Balaban J connectivity index is 2.66. The molecule has 0 bridgehead atoms. The van der Waals surface area contributed by atoms with E-state index in [1.807, 2.05) is 23.5 Å². The number of anilines is 1. The number of fused-ring (bicyclic) bond motifs is 1. The lowest BCUT2D eigenvalue weighted by atomic mass is 10.1. The lowest BCUT2D eigenvalue weighted by molar-refractivity contribution is 1.37. The lowest BCUT2D eigenvalue weighted by Gasteiger charge is -2.12. The third-order valence-electron chi connectivity index (χ3n) is 2.61. The van der Waals surface area contributed by atoms with Crippen LogP contribution in [0.1, 0.15) is 13.8 Å². The summed E-state index contributed by atoms with van der Waals surface area (Å²) in [6.07, 6.45) is 0. The van der Waals surface area contributed by atoms with Gasteiger partial charge >= 0.3 is 0 Å². The molecule has 0 aliphatic rings. The number of nitrogen functional groups attached to an aromatic ring is 1.